The highest BCUT2D eigenvalue weighted by Gasteiger charge is 2.22. The minimum Gasteiger partial charge on any atom is -0.302 e. The first-order chi connectivity index (χ1) is 12.6. The zero-order valence-electron chi connectivity index (χ0n) is 14.5. The predicted octanol–water partition coefficient (Wildman–Crippen LogP) is 4.24. The molecule has 1 N–H and O–H groups in total. The van der Waals surface area contributed by atoms with Crippen molar-refractivity contribution in [3.63, 3.8) is 0 Å². The molecule has 0 radical (unpaired) electrons. The predicted molar refractivity (Wildman–Crippen MR) is 96.2 cm³/mol. The van der Waals surface area contributed by atoms with Crippen LogP contribution in [-0.4, -0.2) is 18.9 Å². The van der Waals surface area contributed by atoms with Crippen LogP contribution in [0.2, 0.25) is 0 Å². The number of para-hydroxylation sites is 2. The van der Waals surface area contributed by atoms with Gasteiger partial charge in [0, 0.05) is 12.7 Å². The highest BCUT2D eigenvalue weighted by Crippen LogP contribution is 2.26. The van der Waals surface area contributed by atoms with E-state index in [1.165, 1.54) is 0 Å². The van der Waals surface area contributed by atoms with Crippen molar-refractivity contribution in [2.75, 3.05) is 0 Å². The summed E-state index contributed by atoms with van der Waals surface area (Å²) in [7, 11) is 0. The Labute approximate surface area is 149 Å². The molecule has 3 heterocycles. The van der Waals surface area contributed by atoms with Crippen molar-refractivity contribution in [2.45, 2.75) is 33.0 Å². The quantitative estimate of drug-likeness (QED) is 0.582. The molecule has 26 heavy (non-hydrogen) atoms. The van der Waals surface area contributed by atoms with E-state index < -0.39 is 6.55 Å². The van der Waals surface area contributed by atoms with Crippen molar-refractivity contribution in [3.8, 4) is 0 Å². The van der Waals surface area contributed by atoms with Gasteiger partial charge in [0.05, 0.1) is 28.5 Å². The Bertz CT molecular complexity index is 1070. The third-order valence-corrected chi connectivity index (χ3v) is 4.61. The molecule has 0 aliphatic rings. The summed E-state index contributed by atoms with van der Waals surface area (Å²) in [5.41, 5.74) is 3.80. The molecular weight excluding hydrogens is 336 g/mol. The number of fused-ring (bicyclic) bond motifs is 2. The fourth-order valence-corrected chi connectivity index (χ4v) is 3.29. The maximum Gasteiger partial charge on any atom is 0.320 e. The molecule has 5 nitrogen and oxygen atoms in total. The lowest BCUT2D eigenvalue weighted by Gasteiger charge is -2.16. The van der Waals surface area contributed by atoms with Gasteiger partial charge in [0.25, 0.3) is 0 Å². The number of benzene rings is 1. The fraction of sp³-hybridized carbons (Fsp3) is 0.263. The second-order valence-electron chi connectivity index (χ2n) is 6.28. The molecule has 7 heteroatoms. The van der Waals surface area contributed by atoms with Gasteiger partial charge in [-0.15, -0.1) is 0 Å². The Morgan fingerprint density at radius 3 is 2.65 bits per heavy atom. The van der Waals surface area contributed by atoms with Crippen LogP contribution in [0.15, 0.2) is 48.7 Å². The van der Waals surface area contributed by atoms with E-state index in [1.54, 1.807) is 24.3 Å². The largest absolute Gasteiger partial charge is 0.320 e. The second-order valence-corrected chi connectivity index (χ2v) is 6.28. The highest BCUT2D eigenvalue weighted by molar-refractivity contribution is 5.76. The van der Waals surface area contributed by atoms with Crippen LogP contribution in [-0.2, 0) is 6.54 Å². The lowest BCUT2D eigenvalue weighted by Crippen LogP contribution is -2.23. The average molecular weight is 355 g/mol. The van der Waals surface area contributed by atoms with Crippen LogP contribution in [0.25, 0.3) is 16.7 Å². The molecule has 134 valence electrons. The Hall–Kier alpha value is -2.80. The van der Waals surface area contributed by atoms with Gasteiger partial charge in [-0.3, -0.25) is 4.57 Å². The summed E-state index contributed by atoms with van der Waals surface area (Å²) in [5, 5.41) is 3.31. The number of imidazole rings is 2. The number of aromatic nitrogens is 4. The van der Waals surface area contributed by atoms with Crippen molar-refractivity contribution < 1.29 is 8.78 Å². The molecule has 3 aromatic heterocycles. The van der Waals surface area contributed by atoms with E-state index in [0.717, 1.165) is 21.6 Å². The van der Waals surface area contributed by atoms with E-state index in [-0.39, 0.29) is 6.04 Å². The number of nitrogens with zero attached hydrogens (tertiary/aromatic N) is 4. The van der Waals surface area contributed by atoms with Crippen molar-refractivity contribution in [3.05, 3.63) is 65.9 Å². The van der Waals surface area contributed by atoms with Crippen LogP contribution in [0.5, 0.6) is 0 Å². The number of nitrogens with one attached hydrogen (secondary N) is 1. The lowest BCUT2D eigenvalue weighted by atomic mass is 10.2. The van der Waals surface area contributed by atoms with Gasteiger partial charge in [0.1, 0.15) is 11.5 Å². The standard InChI is InChI=1S/C19H19F2N5/c1-12-16(25-10-6-5-9-17(25)23-12)11-22-13(2)18-24-14-7-3-4-8-15(14)26(18)19(20)21/h3-10,13,19,22H,11H2,1-2H3. The van der Waals surface area contributed by atoms with E-state index in [9.17, 15) is 8.78 Å². The van der Waals surface area contributed by atoms with Crippen LogP contribution in [0.4, 0.5) is 8.78 Å². The maximum absolute atomic E-state index is 13.6. The molecule has 0 amide bonds. The Morgan fingerprint density at radius 1 is 1.08 bits per heavy atom. The van der Waals surface area contributed by atoms with Crippen LogP contribution in [0.1, 0.15) is 36.7 Å². The molecular formula is C19H19F2N5. The van der Waals surface area contributed by atoms with E-state index >= 15 is 0 Å². The fourth-order valence-electron chi connectivity index (χ4n) is 3.29. The highest BCUT2D eigenvalue weighted by atomic mass is 19.3. The average Bonchev–Trinajstić information content (AvgIpc) is 3.17. The molecule has 4 aromatic rings. The van der Waals surface area contributed by atoms with Gasteiger partial charge < -0.3 is 9.72 Å². The van der Waals surface area contributed by atoms with Crippen molar-refractivity contribution in [2.24, 2.45) is 0 Å². The molecule has 4 rings (SSSR count). The van der Waals surface area contributed by atoms with E-state index in [1.807, 2.05) is 42.6 Å². The van der Waals surface area contributed by atoms with Gasteiger partial charge in [-0.25, -0.2) is 9.97 Å². The third-order valence-electron chi connectivity index (χ3n) is 4.61. The lowest BCUT2D eigenvalue weighted by molar-refractivity contribution is 0.0698. The van der Waals surface area contributed by atoms with Crippen LogP contribution >= 0.6 is 0 Å². The summed E-state index contributed by atoms with van der Waals surface area (Å²) in [6.07, 6.45) is 1.95. The number of alkyl halides is 2. The maximum atomic E-state index is 13.6. The van der Waals surface area contributed by atoms with Gasteiger partial charge in [-0.2, -0.15) is 8.78 Å². The van der Waals surface area contributed by atoms with Gasteiger partial charge >= 0.3 is 6.55 Å². The van der Waals surface area contributed by atoms with Crippen molar-refractivity contribution in [1.29, 1.82) is 0 Å². The zero-order chi connectivity index (χ0) is 18.3. The minimum atomic E-state index is -2.64. The summed E-state index contributed by atoms with van der Waals surface area (Å²) in [6.45, 7) is 1.66. The number of hydrogen-bond donors (Lipinski definition) is 1. The molecule has 0 spiro atoms. The smallest absolute Gasteiger partial charge is 0.302 e. The molecule has 1 unspecified atom stereocenters. The topological polar surface area (TPSA) is 47.1 Å². The van der Waals surface area contributed by atoms with Crippen molar-refractivity contribution in [1.82, 2.24) is 24.3 Å². The number of pyridine rings is 1. The number of aryl methyl sites for hydroxylation is 1. The molecule has 0 aliphatic carbocycles. The Kier molecular flexibility index (Phi) is 4.16. The van der Waals surface area contributed by atoms with Crippen LogP contribution in [0, 0.1) is 6.92 Å². The molecule has 0 fully saturated rings. The molecule has 0 saturated heterocycles. The Balaban J connectivity index is 1.64. The first kappa shape index (κ1) is 16.7. The Morgan fingerprint density at radius 2 is 1.85 bits per heavy atom. The van der Waals surface area contributed by atoms with Gasteiger partial charge in [-0.1, -0.05) is 18.2 Å². The molecule has 1 aromatic carbocycles. The zero-order valence-corrected chi connectivity index (χ0v) is 14.5. The first-order valence-corrected chi connectivity index (χ1v) is 8.47. The molecule has 0 aliphatic heterocycles. The molecule has 0 bridgehead atoms. The minimum absolute atomic E-state index is 0.327. The summed E-state index contributed by atoms with van der Waals surface area (Å²) >= 11 is 0. The van der Waals surface area contributed by atoms with Gasteiger partial charge in [0.2, 0.25) is 0 Å². The van der Waals surface area contributed by atoms with E-state index in [4.69, 9.17) is 0 Å². The third kappa shape index (κ3) is 2.74. The number of halogens is 2. The van der Waals surface area contributed by atoms with Gasteiger partial charge in [-0.05, 0) is 38.1 Å². The molecule has 1 atom stereocenters. The monoisotopic (exact) mass is 355 g/mol. The normalized spacial score (nSPS) is 13.1. The molecule has 0 saturated carbocycles. The van der Waals surface area contributed by atoms with Gasteiger partial charge in [0.15, 0.2) is 0 Å². The van der Waals surface area contributed by atoms with Crippen LogP contribution < -0.4 is 5.32 Å². The number of rotatable bonds is 5. The summed E-state index contributed by atoms with van der Waals surface area (Å²) in [6, 6.07) is 12.4. The van der Waals surface area contributed by atoms with E-state index in [0.29, 0.717) is 23.4 Å². The summed E-state index contributed by atoms with van der Waals surface area (Å²) in [4.78, 5) is 8.94. The number of hydrogen-bond acceptors (Lipinski definition) is 3. The van der Waals surface area contributed by atoms with Crippen LogP contribution in [0.3, 0.4) is 0 Å². The SMILES string of the molecule is Cc1nc2ccccn2c1CNC(C)c1nc2ccccc2n1C(F)F. The summed E-state index contributed by atoms with van der Waals surface area (Å²) < 4.78 is 30.2. The second kappa shape index (κ2) is 6.49. The van der Waals surface area contributed by atoms with E-state index in [2.05, 4.69) is 15.3 Å². The first-order valence-electron chi connectivity index (χ1n) is 8.47. The summed E-state index contributed by atoms with van der Waals surface area (Å²) in [5.74, 6) is 0.327. The van der Waals surface area contributed by atoms with Crippen molar-refractivity contribution >= 4 is 16.7 Å².